The Labute approximate surface area is 58.4 Å². The van der Waals surface area contributed by atoms with E-state index in [2.05, 4.69) is 6.58 Å². The minimum Gasteiger partial charge on any atom is -0.478 e. The van der Waals surface area contributed by atoms with Crippen molar-refractivity contribution < 1.29 is 38.8 Å². The smallest absolute Gasteiger partial charge is 0.327 e. The van der Waals surface area contributed by atoms with Crippen LogP contribution in [0, 0.1) is 10.2 Å². The van der Waals surface area contributed by atoms with Crippen molar-refractivity contribution in [2.24, 2.45) is 0 Å². The molecule has 0 aromatic carbocycles. The molecule has 0 radical (unpaired) electrons. The van der Waals surface area contributed by atoms with Gasteiger partial charge in [-0.15, -0.1) is 0 Å². The van der Waals surface area contributed by atoms with Gasteiger partial charge in [-0.05, 0) is 0 Å². The summed E-state index contributed by atoms with van der Waals surface area (Å²) in [5.74, 6) is -0.981. The maximum absolute atomic E-state index is 9.25. The van der Waals surface area contributed by atoms with Crippen molar-refractivity contribution in [3.05, 3.63) is 12.7 Å². The third-order valence-electron chi connectivity index (χ3n) is 0.175. The molecule has 0 rings (SSSR count). The molecule has 0 amide bonds. The summed E-state index contributed by atoms with van der Waals surface area (Å²) in [6, 6.07) is 0. The summed E-state index contributed by atoms with van der Waals surface area (Å²) in [5.41, 5.74) is 0. The summed E-state index contributed by atoms with van der Waals surface area (Å²) in [6.45, 7) is 2.96. The Morgan fingerprint density at radius 2 is 1.60 bits per heavy atom. The van der Waals surface area contributed by atoms with E-state index in [0.717, 1.165) is 6.08 Å². The quantitative estimate of drug-likeness (QED) is 0.390. The predicted octanol–water partition coefficient (Wildman–Crippen LogP) is -3.87. The molecule has 2 N–H and O–H groups in total. The maximum Gasteiger partial charge on any atom is 0.327 e. The van der Waals surface area contributed by atoms with Crippen LogP contribution in [0.1, 0.15) is 0 Å². The molecule has 0 unspecified atom stereocenters. The highest BCUT2D eigenvalue weighted by Gasteiger charge is 1.98. The topological polar surface area (TPSA) is 127 Å². The van der Waals surface area contributed by atoms with Crippen molar-refractivity contribution in [1.82, 2.24) is 0 Å². The van der Waals surface area contributed by atoms with Crippen LogP contribution in [-0.2, 0) is 4.79 Å². The van der Waals surface area contributed by atoms with Gasteiger partial charge in [-0.1, -0.05) is 6.58 Å². The van der Waals surface area contributed by atoms with Crippen molar-refractivity contribution in [1.29, 1.82) is 0 Å². The van der Waals surface area contributed by atoms with E-state index in [1.54, 1.807) is 0 Å². The van der Waals surface area contributed by atoms with Gasteiger partial charge >= 0.3 is 5.97 Å². The molecule has 0 aliphatic heterocycles. The van der Waals surface area contributed by atoms with Crippen LogP contribution in [0.25, 0.3) is 0 Å². The standard InChI is InChI=1S/C3H4O2.ClHO4/c1-2-3(4)5;2-1(3,4)5/h2H,1H2,(H,4,5);(H,2,3,4,5). The highest BCUT2D eigenvalue weighted by atomic mass is 35.7. The third kappa shape index (κ3) is 164. The van der Waals surface area contributed by atoms with Crippen molar-refractivity contribution >= 4 is 5.97 Å². The monoisotopic (exact) mass is 172 g/mol. The average Bonchev–Trinajstić information content (AvgIpc) is 1.61. The lowest BCUT2D eigenvalue weighted by atomic mass is 10.7. The van der Waals surface area contributed by atoms with Gasteiger partial charge in [0, 0.05) is 6.08 Å². The highest BCUT2D eigenvalue weighted by Crippen LogP contribution is 1.60. The SMILES string of the molecule is C=CC(=O)O.[O-][Cl+3]([O-])([O-])O. The van der Waals surface area contributed by atoms with Crippen LogP contribution in [0.2, 0.25) is 0 Å². The Morgan fingerprint density at radius 1 is 1.50 bits per heavy atom. The van der Waals surface area contributed by atoms with Crippen LogP contribution in [0.4, 0.5) is 0 Å². The van der Waals surface area contributed by atoms with Crippen LogP contribution in [0.15, 0.2) is 12.7 Å². The fourth-order valence-electron chi connectivity index (χ4n) is 0. The Morgan fingerprint density at radius 3 is 1.60 bits per heavy atom. The average molecular weight is 173 g/mol. The lowest BCUT2D eigenvalue weighted by Crippen LogP contribution is -2.58. The van der Waals surface area contributed by atoms with Crippen molar-refractivity contribution in [2.45, 2.75) is 0 Å². The Balaban J connectivity index is 0. The van der Waals surface area contributed by atoms with Gasteiger partial charge in [0.25, 0.3) is 0 Å². The molecule has 0 bridgehead atoms. The first-order valence-electron chi connectivity index (χ1n) is 1.76. The summed E-state index contributed by atoms with van der Waals surface area (Å²) >= 11 is 0. The fourth-order valence-corrected chi connectivity index (χ4v) is 0. The van der Waals surface area contributed by atoms with E-state index in [-0.39, 0.29) is 0 Å². The van der Waals surface area contributed by atoms with Gasteiger partial charge in [0.05, 0.1) is 14.9 Å². The summed E-state index contributed by atoms with van der Waals surface area (Å²) in [5, 5.41) is 7.60. The summed E-state index contributed by atoms with van der Waals surface area (Å²) in [7, 11) is -4.69. The second kappa shape index (κ2) is 5.15. The van der Waals surface area contributed by atoms with Gasteiger partial charge in [0.1, 0.15) is 0 Å². The molecule has 0 saturated carbocycles. The normalized spacial score (nSPS) is 9.20. The van der Waals surface area contributed by atoms with Gasteiger partial charge in [-0.3, -0.25) is 0 Å². The molecule has 6 nitrogen and oxygen atoms in total. The summed E-state index contributed by atoms with van der Waals surface area (Å²) in [6.07, 6.45) is 0.833. The maximum atomic E-state index is 9.25. The highest BCUT2D eigenvalue weighted by molar-refractivity contribution is 5.78. The van der Waals surface area contributed by atoms with E-state index in [1.807, 2.05) is 0 Å². The van der Waals surface area contributed by atoms with Crippen LogP contribution in [0.5, 0.6) is 0 Å². The zero-order valence-corrected chi connectivity index (χ0v) is 5.45. The number of halogens is 1. The van der Waals surface area contributed by atoms with E-state index in [1.165, 1.54) is 0 Å². The molecule has 60 valence electrons. The molecule has 0 spiro atoms. The molecule has 0 saturated heterocycles. The largest absolute Gasteiger partial charge is 0.478 e. The minimum atomic E-state index is -4.69. The molecule has 0 aromatic rings. The van der Waals surface area contributed by atoms with Gasteiger partial charge in [0.15, 0.2) is 0 Å². The van der Waals surface area contributed by atoms with Crippen molar-refractivity contribution in [3.8, 4) is 0 Å². The van der Waals surface area contributed by atoms with Crippen LogP contribution >= 0.6 is 0 Å². The van der Waals surface area contributed by atoms with E-state index < -0.39 is 16.2 Å². The third-order valence-corrected chi connectivity index (χ3v) is 0.175. The number of carbonyl (C=O) groups is 1. The number of carboxylic acids is 1. The molecule has 0 atom stereocenters. The minimum absolute atomic E-state index is 0.833. The molecule has 0 aliphatic carbocycles. The van der Waals surface area contributed by atoms with Crippen LogP contribution in [-0.4, -0.2) is 15.7 Å². The first kappa shape index (κ1) is 12.1. The van der Waals surface area contributed by atoms with Crippen molar-refractivity contribution in [2.75, 3.05) is 0 Å². The number of aliphatic carboxylic acids is 1. The molecule has 0 fully saturated rings. The molecule has 7 heteroatoms. The number of hydrogen-bond donors (Lipinski definition) is 2. The van der Waals surface area contributed by atoms with Crippen molar-refractivity contribution in [3.63, 3.8) is 0 Å². The predicted molar refractivity (Wildman–Crippen MR) is 20.1 cm³/mol. The Kier molecular flexibility index (Phi) is 6.21. The first-order valence-corrected chi connectivity index (χ1v) is 3.02. The lowest BCUT2D eigenvalue weighted by molar-refractivity contribution is -1.92. The van der Waals surface area contributed by atoms with Gasteiger partial charge in [0.2, 0.25) is 0 Å². The zero-order valence-electron chi connectivity index (χ0n) is 4.69. The summed E-state index contributed by atoms with van der Waals surface area (Å²) in [4.78, 5) is 9.25. The first-order chi connectivity index (χ1) is 4.27. The summed E-state index contributed by atoms with van der Waals surface area (Å²) < 4.78 is 32.7. The van der Waals surface area contributed by atoms with Crippen LogP contribution < -0.4 is 14.0 Å². The van der Waals surface area contributed by atoms with Gasteiger partial charge < -0.3 is 5.11 Å². The lowest BCUT2D eigenvalue weighted by Gasteiger charge is -2.03. The Hall–Kier alpha value is -0.660. The Bertz CT molecular complexity index is 109. The molecule has 10 heavy (non-hydrogen) atoms. The molecule has 0 aromatic heterocycles. The number of hydrogen-bond acceptors (Lipinski definition) is 5. The molecular formula is C3H5ClO6. The molecule has 0 aliphatic rings. The zero-order chi connectivity index (χ0) is 8.78. The molecule has 0 heterocycles. The fraction of sp³-hybridized carbons (Fsp3) is 0. The van der Waals surface area contributed by atoms with Crippen LogP contribution in [0.3, 0.4) is 0 Å². The van der Waals surface area contributed by atoms with Gasteiger partial charge in [-0.25, -0.2) is 4.79 Å². The number of carboxylic acid groups (broad SMARTS) is 1. The van der Waals surface area contributed by atoms with Gasteiger partial charge in [-0.2, -0.15) is 14.0 Å². The van der Waals surface area contributed by atoms with E-state index in [9.17, 15) is 4.79 Å². The second-order valence-electron chi connectivity index (χ2n) is 0.938. The number of rotatable bonds is 1. The van der Waals surface area contributed by atoms with E-state index in [4.69, 9.17) is 23.7 Å². The van der Waals surface area contributed by atoms with E-state index >= 15 is 0 Å². The second-order valence-corrected chi connectivity index (χ2v) is 1.73. The molecular weight excluding hydrogens is 167 g/mol. The van der Waals surface area contributed by atoms with E-state index in [0.29, 0.717) is 0 Å².